The second kappa shape index (κ2) is 12.2. The number of fused-ring (bicyclic) bond motifs is 4. The summed E-state index contributed by atoms with van der Waals surface area (Å²) < 4.78 is 0. The van der Waals surface area contributed by atoms with Crippen molar-refractivity contribution < 1.29 is 0 Å². The van der Waals surface area contributed by atoms with E-state index in [4.69, 9.17) is 0 Å². The maximum atomic E-state index is 4.10. The zero-order valence-electron chi connectivity index (χ0n) is 27.7. The molecule has 0 atom stereocenters. The van der Waals surface area contributed by atoms with E-state index in [1.165, 1.54) is 76.5 Å². The third kappa shape index (κ3) is 4.69. The molecule has 0 aliphatic rings. The standard InChI is InChI=1S/C50H34/c1-3-33-16-13-25-38(37(33)4-2)35-27-29-36(30-28-35)49-44-21-9-11-23-46(44)50(47-24-12-10-22-45(47)49)48-32-31-43(41-19-7-8-20-42(41)48)40-26-14-17-34-15-5-6-18-39(34)40/h3-32H,1-2H2. The van der Waals surface area contributed by atoms with E-state index in [1.807, 2.05) is 12.2 Å². The van der Waals surface area contributed by atoms with Crippen molar-refractivity contribution in [2.75, 3.05) is 0 Å². The Hall–Kier alpha value is -6.50. The van der Waals surface area contributed by atoms with E-state index in [1.54, 1.807) is 0 Å². The molecular formula is C50H34. The van der Waals surface area contributed by atoms with E-state index in [0.29, 0.717) is 0 Å². The summed E-state index contributed by atoms with van der Waals surface area (Å²) in [6.07, 6.45) is 3.83. The zero-order chi connectivity index (χ0) is 33.6. The molecule has 0 unspecified atom stereocenters. The molecule has 50 heavy (non-hydrogen) atoms. The molecular weight excluding hydrogens is 601 g/mol. The third-order valence-corrected chi connectivity index (χ3v) is 10.3. The van der Waals surface area contributed by atoms with E-state index >= 15 is 0 Å². The Bertz CT molecular complexity index is 2720. The van der Waals surface area contributed by atoms with Gasteiger partial charge in [-0.1, -0.05) is 195 Å². The number of rotatable bonds is 6. The molecule has 0 saturated carbocycles. The molecule has 0 saturated heterocycles. The summed E-state index contributed by atoms with van der Waals surface area (Å²) >= 11 is 0. The summed E-state index contributed by atoms with van der Waals surface area (Å²) in [7, 11) is 0. The van der Waals surface area contributed by atoms with Crippen molar-refractivity contribution in [2.24, 2.45) is 0 Å². The van der Waals surface area contributed by atoms with Crippen LogP contribution in [-0.4, -0.2) is 0 Å². The summed E-state index contributed by atoms with van der Waals surface area (Å²) in [5.74, 6) is 0. The van der Waals surface area contributed by atoms with E-state index in [-0.39, 0.29) is 0 Å². The fourth-order valence-corrected chi connectivity index (χ4v) is 8.00. The lowest BCUT2D eigenvalue weighted by atomic mass is 9.83. The van der Waals surface area contributed by atoms with Crippen molar-refractivity contribution in [1.29, 1.82) is 0 Å². The summed E-state index contributed by atoms with van der Waals surface area (Å²) in [6, 6.07) is 62.0. The van der Waals surface area contributed by atoms with Crippen molar-refractivity contribution in [3.63, 3.8) is 0 Å². The SMILES string of the molecule is C=Cc1cccc(-c2ccc(-c3c4ccccc4c(-c4ccc(-c5cccc6ccccc56)c5ccccc45)c4ccccc34)cc2)c1C=C. The van der Waals surface area contributed by atoms with Gasteiger partial charge >= 0.3 is 0 Å². The van der Waals surface area contributed by atoms with Crippen LogP contribution in [0, 0.1) is 0 Å². The normalized spacial score (nSPS) is 11.4. The molecule has 234 valence electrons. The number of hydrogen-bond acceptors (Lipinski definition) is 0. The van der Waals surface area contributed by atoms with Gasteiger partial charge < -0.3 is 0 Å². The lowest BCUT2D eigenvalue weighted by Gasteiger charge is -2.20. The summed E-state index contributed by atoms with van der Waals surface area (Å²) in [5.41, 5.74) is 12.0. The first-order valence-corrected chi connectivity index (χ1v) is 17.2. The van der Waals surface area contributed by atoms with Crippen LogP contribution in [0.1, 0.15) is 11.1 Å². The molecule has 0 N–H and O–H groups in total. The monoisotopic (exact) mass is 634 g/mol. The Morgan fingerprint density at radius 3 is 1.40 bits per heavy atom. The van der Waals surface area contributed by atoms with Crippen molar-refractivity contribution in [3.8, 4) is 44.5 Å². The zero-order valence-corrected chi connectivity index (χ0v) is 27.7. The first kappa shape index (κ1) is 29.6. The summed E-state index contributed by atoms with van der Waals surface area (Å²) in [5, 5.41) is 10.0. The fraction of sp³-hybridized carbons (Fsp3) is 0. The molecule has 0 amide bonds. The predicted octanol–water partition coefficient (Wildman–Crippen LogP) is 14.3. The third-order valence-electron chi connectivity index (χ3n) is 10.3. The molecule has 0 bridgehead atoms. The van der Waals surface area contributed by atoms with Gasteiger partial charge in [0.15, 0.2) is 0 Å². The van der Waals surface area contributed by atoms with E-state index in [2.05, 4.69) is 183 Å². The molecule has 9 rings (SSSR count). The Kier molecular flexibility index (Phi) is 7.22. The molecule has 0 aliphatic heterocycles. The summed E-state index contributed by atoms with van der Waals surface area (Å²) in [6.45, 7) is 8.11. The highest BCUT2D eigenvalue weighted by Gasteiger charge is 2.19. The molecule has 0 aliphatic carbocycles. The first-order valence-electron chi connectivity index (χ1n) is 17.2. The molecule has 0 spiro atoms. The van der Waals surface area contributed by atoms with Crippen LogP contribution in [0.15, 0.2) is 183 Å². The van der Waals surface area contributed by atoms with E-state index in [9.17, 15) is 0 Å². The van der Waals surface area contributed by atoms with Crippen LogP contribution in [-0.2, 0) is 0 Å². The molecule has 0 heterocycles. The minimum Gasteiger partial charge on any atom is -0.0984 e. The second-order valence-corrected chi connectivity index (χ2v) is 12.9. The Morgan fingerprint density at radius 2 is 0.760 bits per heavy atom. The maximum absolute atomic E-state index is 4.10. The van der Waals surface area contributed by atoms with Gasteiger partial charge in [0, 0.05) is 0 Å². The van der Waals surface area contributed by atoms with Gasteiger partial charge in [-0.2, -0.15) is 0 Å². The van der Waals surface area contributed by atoms with Crippen molar-refractivity contribution in [2.45, 2.75) is 0 Å². The molecule has 0 fully saturated rings. The topological polar surface area (TPSA) is 0 Å². The van der Waals surface area contributed by atoms with E-state index in [0.717, 1.165) is 22.3 Å². The van der Waals surface area contributed by atoms with Crippen LogP contribution in [0.25, 0.3) is 99.7 Å². The van der Waals surface area contributed by atoms with Crippen LogP contribution in [0.5, 0.6) is 0 Å². The quantitative estimate of drug-likeness (QED) is 0.160. The van der Waals surface area contributed by atoms with Gasteiger partial charge in [0.25, 0.3) is 0 Å². The van der Waals surface area contributed by atoms with Crippen LogP contribution < -0.4 is 0 Å². The second-order valence-electron chi connectivity index (χ2n) is 12.9. The minimum atomic E-state index is 1.09. The highest BCUT2D eigenvalue weighted by molar-refractivity contribution is 6.24. The van der Waals surface area contributed by atoms with Crippen LogP contribution in [0.2, 0.25) is 0 Å². The average Bonchev–Trinajstić information content (AvgIpc) is 3.19. The number of benzene rings is 9. The number of hydrogen-bond donors (Lipinski definition) is 0. The van der Waals surface area contributed by atoms with E-state index < -0.39 is 0 Å². The van der Waals surface area contributed by atoms with Gasteiger partial charge in [-0.25, -0.2) is 0 Å². The van der Waals surface area contributed by atoms with Crippen molar-refractivity contribution in [1.82, 2.24) is 0 Å². The lowest BCUT2D eigenvalue weighted by Crippen LogP contribution is -1.93. The van der Waals surface area contributed by atoms with Crippen LogP contribution in [0.3, 0.4) is 0 Å². The Morgan fingerprint density at radius 1 is 0.300 bits per heavy atom. The van der Waals surface area contributed by atoms with Gasteiger partial charge in [-0.15, -0.1) is 0 Å². The van der Waals surface area contributed by atoms with Gasteiger partial charge in [-0.3, -0.25) is 0 Å². The molecule has 0 heteroatoms. The van der Waals surface area contributed by atoms with Gasteiger partial charge in [0.05, 0.1) is 0 Å². The molecule has 0 aromatic heterocycles. The van der Waals surface area contributed by atoms with Crippen molar-refractivity contribution >= 4 is 55.2 Å². The highest BCUT2D eigenvalue weighted by atomic mass is 14.2. The van der Waals surface area contributed by atoms with Crippen LogP contribution in [0.4, 0.5) is 0 Å². The van der Waals surface area contributed by atoms with Crippen molar-refractivity contribution in [3.05, 3.63) is 194 Å². The predicted molar refractivity (Wildman–Crippen MR) is 218 cm³/mol. The Labute approximate surface area is 292 Å². The van der Waals surface area contributed by atoms with Crippen LogP contribution >= 0.6 is 0 Å². The molecule has 0 nitrogen and oxygen atoms in total. The lowest BCUT2D eigenvalue weighted by molar-refractivity contribution is 1.57. The average molecular weight is 635 g/mol. The summed E-state index contributed by atoms with van der Waals surface area (Å²) in [4.78, 5) is 0. The Balaban J connectivity index is 1.27. The largest absolute Gasteiger partial charge is 0.0984 e. The minimum absolute atomic E-state index is 1.09. The smallest absolute Gasteiger partial charge is 0.00201 e. The fourth-order valence-electron chi connectivity index (χ4n) is 8.00. The maximum Gasteiger partial charge on any atom is -0.00201 e. The van der Waals surface area contributed by atoms with Gasteiger partial charge in [0.1, 0.15) is 0 Å². The highest BCUT2D eigenvalue weighted by Crippen LogP contribution is 2.47. The first-order chi connectivity index (χ1) is 24.7. The molecule has 0 radical (unpaired) electrons. The molecule has 9 aromatic carbocycles. The van der Waals surface area contributed by atoms with Gasteiger partial charge in [0.2, 0.25) is 0 Å². The van der Waals surface area contributed by atoms with Gasteiger partial charge in [-0.05, 0) is 98.7 Å². The molecule has 9 aromatic rings.